The molecule has 6 nitrogen and oxygen atoms in total. The minimum absolute atomic E-state index is 0.0892. The van der Waals surface area contributed by atoms with E-state index in [9.17, 15) is 9.59 Å². The molecule has 0 radical (unpaired) electrons. The average molecular weight is 424 g/mol. The highest BCUT2D eigenvalue weighted by Gasteiger charge is 2.22. The number of amides is 1. The highest BCUT2D eigenvalue weighted by molar-refractivity contribution is 8.00. The topological polar surface area (TPSA) is 73.2 Å². The van der Waals surface area contributed by atoms with Gasteiger partial charge in [-0.05, 0) is 56.5 Å². The van der Waals surface area contributed by atoms with E-state index in [1.54, 1.807) is 10.6 Å². The van der Waals surface area contributed by atoms with Crippen LogP contribution in [0.3, 0.4) is 0 Å². The summed E-state index contributed by atoms with van der Waals surface area (Å²) in [7, 11) is 0. The summed E-state index contributed by atoms with van der Waals surface area (Å²) in [6.07, 6.45) is 2.10. The second-order valence-corrected chi connectivity index (χ2v) is 8.84. The maximum atomic E-state index is 13.3. The van der Waals surface area contributed by atoms with Gasteiger partial charge in [0.1, 0.15) is 0 Å². The van der Waals surface area contributed by atoms with Gasteiger partial charge in [-0.2, -0.15) is 0 Å². The molecule has 1 aliphatic heterocycles. The number of hydrogen-bond donors (Lipinski definition) is 1. The molecule has 2 heterocycles. The number of aryl methyl sites for hydroxylation is 1. The molecule has 2 atom stereocenters. The Morgan fingerprint density at radius 3 is 2.90 bits per heavy atom. The van der Waals surface area contributed by atoms with Crippen LogP contribution >= 0.6 is 11.8 Å². The van der Waals surface area contributed by atoms with Crippen LogP contribution in [0.1, 0.15) is 25.3 Å². The van der Waals surface area contributed by atoms with E-state index in [4.69, 9.17) is 9.72 Å². The molecule has 0 aliphatic carbocycles. The third kappa shape index (κ3) is 4.42. The summed E-state index contributed by atoms with van der Waals surface area (Å²) in [5.74, 6) is -0.0892. The quantitative estimate of drug-likeness (QED) is 0.485. The van der Waals surface area contributed by atoms with Crippen LogP contribution in [0.5, 0.6) is 0 Å². The van der Waals surface area contributed by atoms with Gasteiger partial charge in [-0.25, -0.2) is 4.98 Å². The van der Waals surface area contributed by atoms with E-state index >= 15 is 0 Å². The Labute approximate surface area is 179 Å². The van der Waals surface area contributed by atoms with Crippen LogP contribution in [0.25, 0.3) is 16.6 Å². The van der Waals surface area contributed by atoms with E-state index in [-0.39, 0.29) is 17.6 Å². The standard InChI is InChI=1S/C23H25N3O3S/c1-15-7-5-8-17(13-15)26-22(28)19-10-3-4-11-20(19)25-23(26)30-16(2)21(27)24-14-18-9-6-12-29-18/h3-5,7-8,10-11,13,16,18H,6,9,12,14H2,1-2H3,(H,24,27)/t16-,18-/m0/s1. The van der Waals surface area contributed by atoms with Crippen molar-refractivity contribution in [3.05, 3.63) is 64.4 Å². The Hall–Kier alpha value is -2.64. The fourth-order valence-corrected chi connectivity index (χ4v) is 4.51. The number of carbonyl (C=O) groups is 1. The van der Waals surface area contributed by atoms with Gasteiger partial charge in [0.05, 0.1) is 27.9 Å². The van der Waals surface area contributed by atoms with E-state index in [0.29, 0.717) is 22.6 Å². The summed E-state index contributed by atoms with van der Waals surface area (Å²) in [6, 6.07) is 15.0. The van der Waals surface area contributed by atoms with Gasteiger partial charge >= 0.3 is 0 Å². The lowest BCUT2D eigenvalue weighted by atomic mass is 10.2. The molecule has 1 saturated heterocycles. The first kappa shape index (κ1) is 20.6. The predicted octanol–water partition coefficient (Wildman–Crippen LogP) is 3.47. The zero-order valence-corrected chi connectivity index (χ0v) is 17.9. The maximum absolute atomic E-state index is 13.3. The molecule has 1 fully saturated rings. The van der Waals surface area contributed by atoms with Gasteiger partial charge in [-0.3, -0.25) is 14.2 Å². The van der Waals surface area contributed by atoms with Crippen molar-refractivity contribution in [2.45, 2.75) is 43.2 Å². The van der Waals surface area contributed by atoms with Crippen molar-refractivity contribution in [1.29, 1.82) is 0 Å². The van der Waals surface area contributed by atoms with Crippen molar-refractivity contribution in [3.63, 3.8) is 0 Å². The van der Waals surface area contributed by atoms with Gasteiger partial charge in [0.25, 0.3) is 5.56 Å². The number of nitrogens with one attached hydrogen (secondary N) is 1. The Bertz CT molecular complexity index is 1120. The number of fused-ring (bicyclic) bond motifs is 1. The van der Waals surface area contributed by atoms with Crippen molar-refractivity contribution in [3.8, 4) is 5.69 Å². The number of nitrogens with zero attached hydrogens (tertiary/aromatic N) is 2. The summed E-state index contributed by atoms with van der Waals surface area (Å²) in [4.78, 5) is 30.7. The van der Waals surface area contributed by atoms with Crippen molar-refractivity contribution < 1.29 is 9.53 Å². The molecule has 1 N–H and O–H groups in total. The predicted molar refractivity (Wildman–Crippen MR) is 119 cm³/mol. The minimum Gasteiger partial charge on any atom is -0.376 e. The van der Waals surface area contributed by atoms with Crippen LogP contribution in [0.2, 0.25) is 0 Å². The lowest BCUT2D eigenvalue weighted by Gasteiger charge is -2.17. The molecule has 1 aliphatic rings. The first-order valence-electron chi connectivity index (χ1n) is 10.2. The molecule has 0 bridgehead atoms. The van der Waals surface area contributed by atoms with Crippen LogP contribution in [0, 0.1) is 6.92 Å². The zero-order chi connectivity index (χ0) is 21.1. The lowest BCUT2D eigenvalue weighted by molar-refractivity contribution is -0.120. The number of rotatable bonds is 6. The fraction of sp³-hybridized carbons (Fsp3) is 0.348. The minimum atomic E-state index is -0.407. The number of carbonyl (C=O) groups excluding carboxylic acids is 1. The smallest absolute Gasteiger partial charge is 0.266 e. The van der Waals surface area contributed by atoms with Crippen LogP contribution in [0.15, 0.2) is 58.5 Å². The molecule has 0 saturated carbocycles. The number of aromatic nitrogens is 2. The van der Waals surface area contributed by atoms with Gasteiger partial charge in [0, 0.05) is 13.2 Å². The zero-order valence-electron chi connectivity index (χ0n) is 17.1. The molecule has 7 heteroatoms. The lowest BCUT2D eigenvalue weighted by Crippen LogP contribution is -2.36. The van der Waals surface area contributed by atoms with Crippen LogP contribution in [-0.4, -0.2) is 40.0 Å². The number of benzene rings is 2. The molecule has 156 valence electrons. The Morgan fingerprint density at radius 2 is 2.13 bits per heavy atom. The van der Waals surface area contributed by atoms with Crippen LogP contribution in [0.4, 0.5) is 0 Å². The first-order chi connectivity index (χ1) is 14.5. The molecule has 1 amide bonds. The second-order valence-electron chi connectivity index (χ2n) is 7.53. The van der Waals surface area contributed by atoms with Gasteiger partial charge in [0.15, 0.2) is 5.16 Å². The summed E-state index contributed by atoms with van der Waals surface area (Å²) in [5, 5.41) is 3.62. The summed E-state index contributed by atoms with van der Waals surface area (Å²) >= 11 is 1.29. The molecule has 4 rings (SSSR count). The van der Waals surface area contributed by atoms with E-state index in [1.165, 1.54) is 11.8 Å². The van der Waals surface area contributed by atoms with Gasteiger partial charge in [-0.15, -0.1) is 0 Å². The average Bonchev–Trinajstić information content (AvgIpc) is 3.26. The number of hydrogen-bond acceptors (Lipinski definition) is 5. The van der Waals surface area contributed by atoms with Crippen molar-refractivity contribution >= 4 is 28.6 Å². The highest BCUT2D eigenvalue weighted by atomic mass is 32.2. The Balaban J connectivity index is 1.65. The molecule has 3 aromatic rings. The SMILES string of the molecule is Cc1cccc(-n2c(S[C@@H](C)C(=O)NC[C@@H]3CCCO3)nc3ccccc3c2=O)c1. The Kier molecular flexibility index (Phi) is 6.20. The second kappa shape index (κ2) is 9.02. The monoisotopic (exact) mass is 423 g/mol. The van der Waals surface area contributed by atoms with E-state index in [1.807, 2.05) is 56.3 Å². The number of ether oxygens (including phenoxy) is 1. The van der Waals surface area contributed by atoms with Crippen molar-refractivity contribution in [1.82, 2.24) is 14.9 Å². The highest BCUT2D eigenvalue weighted by Crippen LogP contribution is 2.25. The van der Waals surface area contributed by atoms with Gasteiger partial charge in [0.2, 0.25) is 5.91 Å². The van der Waals surface area contributed by atoms with Crippen molar-refractivity contribution in [2.75, 3.05) is 13.2 Å². The third-order valence-electron chi connectivity index (χ3n) is 5.18. The van der Waals surface area contributed by atoms with E-state index in [2.05, 4.69) is 5.32 Å². The van der Waals surface area contributed by atoms with E-state index < -0.39 is 5.25 Å². The molecular formula is C23H25N3O3S. The summed E-state index contributed by atoms with van der Waals surface area (Å²) < 4.78 is 7.18. The van der Waals surface area contributed by atoms with Gasteiger partial charge in [-0.1, -0.05) is 36.0 Å². The first-order valence-corrected chi connectivity index (χ1v) is 11.1. The molecule has 30 heavy (non-hydrogen) atoms. The molecule has 0 unspecified atom stereocenters. The van der Waals surface area contributed by atoms with Crippen LogP contribution in [-0.2, 0) is 9.53 Å². The summed E-state index contributed by atoms with van der Waals surface area (Å²) in [6.45, 7) is 5.09. The van der Waals surface area contributed by atoms with Crippen LogP contribution < -0.4 is 10.9 Å². The molecular weight excluding hydrogens is 398 g/mol. The normalized spacial score (nSPS) is 17.2. The number of thioether (sulfide) groups is 1. The number of para-hydroxylation sites is 1. The summed E-state index contributed by atoms with van der Waals surface area (Å²) in [5.41, 5.74) is 2.28. The molecule has 0 spiro atoms. The van der Waals surface area contributed by atoms with Gasteiger partial charge < -0.3 is 10.1 Å². The maximum Gasteiger partial charge on any atom is 0.266 e. The van der Waals surface area contributed by atoms with E-state index in [0.717, 1.165) is 30.7 Å². The van der Waals surface area contributed by atoms with Crippen molar-refractivity contribution in [2.24, 2.45) is 0 Å². The largest absolute Gasteiger partial charge is 0.376 e. The molecule has 2 aromatic carbocycles. The fourth-order valence-electron chi connectivity index (χ4n) is 3.56. The molecule has 1 aromatic heterocycles. The Morgan fingerprint density at radius 1 is 1.30 bits per heavy atom. The third-order valence-corrected chi connectivity index (χ3v) is 6.24.